The van der Waals surface area contributed by atoms with Crippen molar-refractivity contribution in [1.82, 2.24) is 9.47 Å². The maximum atomic E-state index is 13.5. The van der Waals surface area contributed by atoms with Crippen LogP contribution in [0.3, 0.4) is 0 Å². The Bertz CT molecular complexity index is 1390. The van der Waals surface area contributed by atoms with Crippen molar-refractivity contribution in [3.63, 3.8) is 0 Å². The first-order valence-corrected chi connectivity index (χ1v) is 12.3. The summed E-state index contributed by atoms with van der Waals surface area (Å²) < 4.78 is 2.11. The van der Waals surface area contributed by atoms with E-state index in [9.17, 15) is 14.9 Å². The molecular weight excluding hydrogens is 476 g/mol. The number of carbonyl (C=O) groups is 1. The highest BCUT2D eigenvalue weighted by molar-refractivity contribution is 6.30. The molecule has 2 heterocycles. The zero-order valence-electron chi connectivity index (χ0n) is 20.0. The number of rotatable bonds is 6. The van der Waals surface area contributed by atoms with Gasteiger partial charge in [0.1, 0.15) is 0 Å². The molecule has 1 aromatic heterocycles. The highest BCUT2D eigenvalue weighted by atomic mass is 35.5. The first-order valence-electron chi connectivity index (χ1n) is 12.0. The van der Waals surface area contributed by atoms with E-state index in [4.69, 9.17) is 11.6 Å². The Balaban J connectivity index is 1.34. The van der Waals surface area contributed by atoms with Gasteiger partial charge in [0.15, 0.2) is 0 Å². The molecule has 5 rings (SSSR count). The van der Waals surface area contributed by atoms with Crippen LogP contribution in [0.5, 0.6) is 0 Å². The van der Waals surface area contributed by atoms with Crippen molar-refractivity contribution < 1.29 is 9.72 Å². The van der Waals surface area contributed by atoms with Crippen molar-refractivity contribution in [3.05, 3.63) is 105 Å². The van der Waals surface area contributed by atoms with Gasteiger partial charge in [0, 0.05) is 85.5 Å². The van der Waals surface area contributed by atoms with Gasteiger partial charge in [-0.05, 0) is 41.5 Å². The summed E-state index contributed by atoms with van der Waals surface area (Å²) >= 11 is 6.16. The molecule has 7 nitrogen and oxygen atoms in total. The normalized spacial score (nSPS) is 14.7. The Kier molecular flexibility index (Phi) is 6.65. The van der Waals surface area contributed by atoms with E-state index in [2.05, 4.69) is 27.8 Å². The Morgan fingerprint density at radius 1 is 0.972 bits per heavy atom. The Labute approximate surface area is 214 Å². The number of hydrogen-bond donors (Lipinski definition) is 0. The number of nitro benzene ring substituents is 1. The minimum Gasteiger partial charge on any atom is -0.368 e. The first-order chi connectivity index (χ1) is 17.4. The predicted octanol–water partition coefficient (Wildman–Crippen LogP) is 5.61. The Hall–Kier alpha value is -3.84. The van der Waals surface area contributed by atoms with Crippen molar-refractivity contribution in [2.45, 2.75) is 12.3 Å². The number of hydrogen-bond acceptors (Lipinski definition) is 4. The summed E-state index contributed by atoms with van der Waals surface area (Å²) in [6, 6.07) is 22.6. The second-order valence-electron chi connectivity index (χ2n) is 9.16. The molecule has 0 saturated carbocycles. The molecule has 0 bridgehead atoms. The van der Waals surface area contributed by atoms with Crippen molar-refractivity contribution in [2.24, 2.45) is 7.05 Å². The molecule has 0 unspecified atom stereocenters. The zero-order valence-corrected chi connectivity index (χ0v) is 20.8. The number of carbonyl (C=O) groups excluding carboxylic acids is 1. The maximum Gasteiger partial charge on any atom is 0.269 e. The van der Waals surface area contributed by atoms with E-state index in [-0.39, 0.29) is 17.5 Å². The number of amides is 1. The number of piperazine rings is 1. The molecule has 0 aliphatic carbocycles. The summed E-state index contributed by atoms with van der Waals surface area (Å²) in [4.78, 5) is 28.1. The summed E-state index contributed by atoms with van der Waals surface area (Å²) in [5, 5.41) is 12.7. The van der Waals surface area contributed by atoms with Crippen LogP contribution in [-0.2, 0) is 11.8 Å². The van der Waals surface area contributed by atoms with Gasteiger partial charge in [-0.3, -0.25) is 14.9 Å². The fourth-order valence-electron chi connectivity index (χ4n) is 5.06. The third kappa shape index (κ3) is 4.79. The molecule has 184 valence electrons. The molecular formula is C28H27ClN4O3. The molecule has 3 aromatic carbocycles. The molecule has 4 aromatic rings. The summed E-state index contributed by atoms with van der Waals surface area (Å²) in [5.41, 5.74) is 4.34. The van der Waals surface area contributed by atoms with Crippen LogP contribution in [0.25, 0.3) is 10.9 Å². The van der Waals surface area contributed by atoms with Crippen molar-refractivity contribution >= 4 is 39.8 Å². The number of non-ortho nitro benzene ring substituents is 1. The number of fused-ring (bicyclic) bond motifs is 1. The number of benzene rings is 3. The van der Waals surface area contributed by atoms with E-state index in [1.807, 2.05) is 48.3 Å². The second kappa shape index (κ2) is 10.0. The lowest BCUT2D eigenvalue weighted by Crippen LogP contribution is -2.49. The highest BCUT2D eigenvalue weighted by Crippen LogP contribution is 2.35. The monoisotopic (exact) mass is 502 g/mol. The fourth-order valence-corrected chi connectivity index (χ4v) is 5.18. The molecule has 1 amide bonds. The summed E-state index contributed by atoms with van der Waals surface area (Å²) in [7, 11) is 2.03. The molecule has 0 spiro atoms. The van der Waals surface area contributed by atoms with E-state index in [0.717, 1.165) is 27.7 Å². The van der Waals surface area contributed by atoms with Gasteiger partial charge >= 0.3 is 0 Å². The van der Waals surface area contributed by atoms with Gasteiger partial charge in [-0.2, -0.15) is 0 Å². The zero-order chi connectivity index (χ0) is 25.2. The van der Waals surface area contributed by atoms with E-state index in [0.29, 0.717) is 37.6 Å². The standard InChI is InChI=1S/C28H27ClN4O3/c1-30-19-26(24-4-2-3-5-27(24)30)25(20-6-8-21(29)9-7-20)18-28(34)32-16-14-31(15-17-32)22-10-12-23(13-11-22)33(35)36/h2-13,19,25H,14-18H2,1H3/t25-/m0/s1. The van der Waals surface area contributed by atoms with E-state index < -0.39 is 4.92 Å². The van der Waals surface area contributed by atoms with Crippen LogP contribution in [0.2, 0.25) is 5.02 Å². The van der Waals surface area contributed by atoms with E-state index in [1.54, 1.807) is 12.1 Å². The minimum absolute atomic E-state index is 0.0780. The van der Waals surface area contributed by atoms with Crippen LogP contribution in [0, 0.1) is 10.1 Å². The quantitative estimate of drug-likeness (QED) is 0.254. The van der Waals surface area contributed by atoms with Crippen molar-refractivity contribution in [3.8, 4) is 0 Å². The molecule has 1 aliphatic heterocycles. The Morgan fingerprint density at radius 3 is 2.31 bits per heavy atom. The molecule has 1 atom stereocenters. The maximum absolute atomic E-state index is 13.5. The Morgan fingerprint density at radius 2 is 1.64 bits per heavy atom. The lowest BCUT2D eigenvalue weighted by atomic mass is 9.87. The summed E-state index contributed by atoms with van der Waals surface area (Å²) in [6.45, 7) is 2.59. The first kappa shape index (κ1) is 23.9. The molecule has 0 radical (unpaired) electrons. The molecule has 36 heavy (non-hydrogen) atoms. The number of halogens is 1. The number of nitrogens with zero attached hydrogens (tertiary/aromatic N) is 4. The van der Waals surface area contributed by atoms with Gasteiger partial charge < -0.3 is 14.4 Å². The molecule has 8 heteroatoms. The summed E-state index contributed by atoms with van der Waals surface area (Å²) in [5.74, 6) is 0.0276. The van der Waals surface area contributed by atoms with E-state index >= 15 is 0 Å². The largest absolute Gasteiger partial charge is 0.368 e. The van der Waals surface area contributed by atoms with Crippen LogP contribution in [-0.4, -0.2) is 46.5 Å². The second-order valence-corrected chi connectivity index (χ2v) is 9.60. The minimum atomic E-state index is -0.395. The van der Waals surface area contributed by atoms with Crippen LogP contribution < -0.4 is 4.90 Å². The third-order valence-corrected chi connectivity index (χ3v) is 7.26. The van der Waals surface area contributed by atoms with Gasteiger partial charge in [0.05, 0.1) is 4.92 Å². The van der Waals surface area contributed by atoms with Crippen LogP contribution >= 0.6 is 11.6 Å². The fraction of sp³-hybridized carbons (Fsp3) is 0.250. The van der Waals surface area contributed by atoms with Crippen molar-refractivity contribution in [2.75, 3.05) is 31.1 Å². The number of nitro groups is 1. The lowest BCUT2D eigenvalue weighted by Gasteiger charge is -2.36. The van der Waals surface area contributed by atoms with Gasteiger partial charge in [0.2, 0.25) is 5.91 Å². The molecule has 0 N–H and O–H groups in total. The number of para-hydroxylation sites is 1. The van der Waals surface area contributed by atoms with Gasteiger partial charge in [-0.15, -0.1) is 0 Å². The molecule has 1 aliphatic rings. The van der Waals surface area contributed by atoms with Gasteiger partial charge in [-0.25, -0.2) is 0 Å². The average molecular weight is 503 g/mol. The third-order valence-electron chi connectivity index (χ3n) is 7.01. The number of anilines is 1. The van der Waals surface area contributed by atoms with Crippen LogP contribution in [0.15, 0.2) is 79.0 Å². The van der Waals surface area contributed by atoms with Crippen LogP contribution in [0.4, 0.5) is 11.4 Å². The van der Waals surface area contributed by atoms with Gasteiger partial charge in [0.25, 0.3) is 5.69 Å². The van der Waals surface area contributed by atoms with Gasteiger partial charge in [-0.1, -0.05) is 41.9 Å². The van der Waals surface area contributed by atoms with E-state index in [1.165, 1.54) is 12.1 Å². The smallest absolute Gasteiger partial charge is 0.269 e. The lowest BCUT2D eigenvalue weighted by molar-refractivity contribution is -0.384. The molecule has 1 saturated heterocycles. The number of aryl methyl sites for hydroxylation is 1. The molecule has 1 fully saturated rings. The average Bonchev–Trinajstić information content (AvgIpc) is 3.24. The highest BCUT2D eigenvalue weighted by Gasteiger charge is 2.27. The SMILES string of the molecule is Cn1cc([C@@H](CC(=O)N2CCN(c3ccc([N+](=O)[O-])cc3)CC2)c2ccc(Cl)cc2)c2ccccc21. The summed E-state index contributed by atoms with van der Waals surface area (Å²) in [6.07, 6.45) is 2.50. The number of aromatic nitrogens is 1. The van der Waals surface area contributed by atoms with Crippen LogP contribution in [0.1, 0.15) is 23.5 Å². The van der Waals surface area contributed by atoms with Crippen molar-refractivity contribution in [1.29, 1.82) is 0 Å². The topological polar surface area (TPSA) is 71.6 Å². The predicted molar refractivity (Wildman–Crippen MR) is 143 cm³/mol.